The average molecular weight is 544 g/mol. The third-order valence-corrected chi connectivity index (χ3v) is 5.54. The van der Waals surface area contributed by atoms with Crippen LogP contribution in [0.1, 0.15) is 20.3 Å². The van der Waals surface area contributed by atoms with Crippen LogP contribution in [0.4, 0.5) is 23.4 Å². The summed E-state index contributed by atoms with van der Waals surface area (Å²) in [6.07, 6.45) is 3.53. The lowest BCUT2D eigenvalue weighted by Gasteiger charge is -2.15. The largest absolute Gasteiger partial charge is 0.481 e. The highest BCUT2D eigenvalue weighted by Gasteiger charge is 2.27. The molecule has 0 atom stereocenters. The number of carbonyl (C=O) groups is 1. The van der Waals surface area contributed by atoms with Gasteiger partial charge in [0.2, 0.25) is 0 Å². The molecular weight excluding hydrogens is 514 g/mol. The second-order valence-corrected chi connectivity index (χ2v) is 8.52. The van der Waals surface area contributed by atoms with Gasteiger partial charge in [0, 0.05) is 24.7 Å². The van der Waals surface area contributed by atoms with E-state index in [4.69, 9.17) is 4.74 Å². The molecule has 0 unspecified atom stereocenters. The highest BCUT2D eigenvalue weighted by atomic mass is 19.4. The van der Waals surface area contributed by atoms with Gasteiger partial charge in [-0.15, -0.1) is 0 Å². The van der Waals surface area contributed by atoms with Crippen LogP contribution in [0.2, 0.25) is 0 Å². The summed E-state index contributed by atoms with van der Waals surface area (Å²) in [4.78, 5) is 24.8. The van der Waals surface area contributed by atoms with E-state index in [1.54, 1.807) is 36.6 Å². The molecular formula is C28H29F4N5O2. The maximum absolute atomic E-state index is 13.5. The summed E-state index contributed by atoms with van der Waals surface area (Å²) in [5.74, 6) is -0.702. The number of nitrogens with one attached hydrogen (secondary N) is 2. The van der Waals surface area contributed by atoms with Crippen molar-refractivity contribution < 1.29 is 27.1 Å². The zero-order chi connectivity index (χ0) is 28.4. The molecule has 2 N–H and O–H groups in total. The van der Waals surface area contributed by atoms with Gasteiger partial charge < -0.3 is 15.4 Å². The molecule has 0 aliphatic heterocycles. The van der Waals surface area contributed by atoms with E-state index in [0.29, 0.717) is 34.4 Å². The lowest BCUT2D eigenvalue weighted by Crippen LogP contribution is -2.36. The normalized spacial score (nSPS) is 12.7. The maximum atomic E-state index is 13.5. The number of halogens is 4. The van der Waals surface area contributed by atoms with Crippen molar-refractivity contribution in [3.63, 3.8) is 0 Å². The second-order valence-electron chi connectivity index (χ2n) is 8.52. The number of hydrogen-bond acceptors (Lipinski definition) is 6. The fraction of sp³-hybridized carbons (Fsp3) is 0.286. The minimum atomic E-state index is -4.54. The molecule has 0 spiro atoms. The van der Waals surface area contributed by atoms with E-state index in [9.17, 15) is 22.4 Å². The lowest BCUT2D eigenvalue weighted by molar-refractivity contribution is -0.139. The Labute approximate surface area is 223 Å². The summed E-state index contributed by atoms with van der Waals surface area (Å²) in [6.45, 7) is 2.24. The van der Waals surface area contributed by atoms with Crippen LogP contribution in [0.25, 0.3) is 22.0 Å². The number of aliphatic imine (C=N–C) groups is 1. The van der Waals surface area contributed by atoms with Crippen LogP contribution in [0.15, 0.2) is 71.5 Å². The van der Waals surface area contributed by atoms with Gasteiger partial charge in [-0.25, -0.2) is 14.4 Å². The van der Waals surface area contributed by atoms with Crippen molar-refractivity contribution in [2.24, 2.45) is 4.99 Å². The van der Waals surface area contributed by atoms with Crippen molar-refractivity contribution in [3.8, 4) is 16.9 Å². The summed E-state index contributed by atoms with van der Waals surface area (Å²) >= 11 is 0. The zero-order valence-corrected chi connectivity index (χ0v) is 21.8. The quantitative estimate of drug-likeness (QED) is 0.179. The Bertz CT molecular complexity index is 1380. The first-order valence-corrected chi connectivity index (χ1v) is 12.1. The van der Waals surface area contributed by atoms with Gasteiger partial charge >= 0.3 is 6.18 Å². The zero-order valence-electron chi connectivity index (χ0n) is 21.8. The van der Waals surface area contributed by atoms with Crippen LogP contribution in [0.3, 0.4) is 0 Å². The molecule has 3 rings (SSSR count). The Morgan fingerprint density at radius 3 is 2.51 bits per heavy atom. The number of amides is 1. The first kappa shape index (κ1) is 29.3. The number of fused-ring (bicyclic) bond motifs is 1. The van der Waals surface area contributed by atoms with E-state index in [1.807, 2.05) is 26.0 Å². The van der Waals surface area contributed by atoms with Gasteiger partial charge in [0.15, 0.2) is 6.61 Å². The average Bonchev–Trinajstić information content (AvgIpc) is 2.91. The third kappa shape index (κ3) is 8.91. The van der Waals surface area contributed by atoms with E-state index in [-0.39, 0.29) is 5.75 Å². The van der Waals surface area contributed by atoms with Crippen molar-refractivity contribution in [2.45, 2.75) is 26.4 Å². The molecule has 3 aromatic rings. The summed E-state index contributed by atoms with van der Waals surface area (Å²) in [5, 5.41) is 5.63. The molecule has 0 saturated carbocycles. The molecule has 0 fully saturated rings. The van der Waals surface area contributed by atoms with Crippen LogP contribution in [0.5, 0.6) is 5.75 Å². The molecule has 0 aliphatic carbocycles. The molecule has 7 nitrogen and oxygen atoms in total. The van der Waals surface area contributed by atoms with Crippen molar-refractivity contribution in [1.29, 1.82) is 0 Å². The first-order valence-electron chi connectivity index (χ1n) is 12.1. The molecule has 0 bridgehead atoms. The molecule has 1 heterocycles. The van der Waals surface area contributed by atoms with E-state index in [0.717, 1.165) is 17.7 Å². The van der Waals surface area contributed by atoms with Gasteiger partial charge in [-0.05, 0) is 60.4 Å². The molecule has 39 heavy (non-hydrogen) atoms. The highest BCUT2D eigenvalue weighted by Crippen LogP contribution is 2.34. The topological polar surface area (TPSA) is 88.5 Å². The molecule has 0 radical (unpaired) electrons. The second kappa shape index (κ2) is 13.5. The van der Waals surface area contributed by atoms with Gasteiger partial charge in [0.05, 0.1) is 0 Å². The lowest BCUT2D eigenvalue weighted by atomic mass is 10.0. The molecule has 2 aromatic carbocycles. The Hall–Kier alpha value is -4.28. The number of nitrogens with zero attached hydrogens (tertiary/aromatic N) is 3. The standard InChI is InChI=1S/C28H29F4N5O2/c1-4-5-19(7-6-18(2)33-3)14-34-27-23-12-21(20-8-10-22(29)11-9-20)13-24(26(23)36-17-37-27)39-15-25(38)35-16-28(30,31)32/h5-13,17H,4,14-16H2,1-3H3,(H,35,38)(H,34,36,37)/b7-6-,19-5-,33-18?. The Balaban J connectivity index is 1.96. The van der Waals surface area contributed by atoms with E-state index in [2.05, 4.69) is 26.4 Å². The molecule has 1 aromatic heterocycles. The van der Waals surface area contributed by atoms with Gasteiger partial charge in [-0.2, -0.15) is 13.2 Å². The van der Waals surface area contributed by atoms with Crippen LogP contribution < -0.4 is 15.4 Å². The Morgan fingerprint density at radius 2 is 1.85 bits per heavy atom. The molecule has 206 valence electrons. The smallest absolute Gasteiger partial charge is 0.405 e. The predicted molar refractivity (Wildman–Crippen MR) is 145 cm³/mol. The molecule has 0 saturated heterocycles. The number of ether oxygens (including phenoxy) is 1. The van der Waals surface area contributed by atoms with E-state index >= 15 is 0 Å². The number of allylic oxidation sites excluding steroid dienone is 2. The number of alkyl halides is 3. The first-order chi connectivity index (χ1) is 18.6. The number of benzene rings is 2. The van der Waals surface area contributed by atoms with E-state index < -0.39 is 31.1 Å². The number of hydrogen-bond donors (Lipinski definition) is 2. The number of aromatic nitrogens is 2. The fourth-order valence-corrected chi connectivity index (χ4v) is 3.54. The molecule has 0 aliphatic rings. The minimum absolute atomic E-state index is 0.165. The van der Waals surface area contributed by atoms with Crippen LogP contribution in [-0.2, 0) is 4.79 Å². The van der Waals surface area contributed by atoms with Crippen LogP contribution in [0, 0.1) is 5.82 Å². The van der Waals surface area contributed by atoms with Crippen LogP contribution >= 0.6 is 0 Å². The maximum Gasteiger partial charge on any atom is 0.405 e. The summed E-state index contributed by atoms with van der Waals surface area (Å²) < 4.78 is 56.6. The number of rotatable bonds is 11. The van der Waals surface area contributed by atoms with Gasteiger partial charge in [0.1, 0.15) is 35.8 Å². The van der Waals surface area contributed by atoms with Crippen molar-refractivity contribution in [3.05, 3.63) is 72.3 Å². The van der Waals surface area contributed by atoms with E-state index in [1.165, 1.54) is 18.5 Å². The Kier molecular flexibility index (Phi) is 10.1. The van der Waals surface area contributed by atoms with Crippen molar-refractivity contribution in [2.75, 3.05) is 32.1 Å². The molecule has 11 heteroatoms. The summed E-state index contributed by atoms with van der Waals surface area (Å²) in [6, 6.07) is 9.17. The van der Waals surface area contributed by atoms with Gasteiger partial charge in [-0.1, -0.05) is 31.2 Å². The number of anilines is 1. The monoisotopic (exact) mass is 543 g/mol. The molecule has 1 amide bonds. The fourth-order valence-electron chi connectivity index (χ4n) is 3.54. The summed E-state index contributed by atoms with van der Waals surface area (Å²) in [7, 11) is 1.71. The van der Waals surface area contributed by atoms with Gasteiger partial charge in [-0.3, -0.25) is 9.79 Å². The van der Waals surface area contributed by atoms with Crippen LogP contribution in [-0.4, -0.2) is 54.5 Å². The third-order valence-electron chi connectivity index (χ3n) is 5.54. The highest BCUT2D eigenvalue weighted by molar-refractivity contribution is 5.97. The predicted octanol–water partition coefficient (Wildman–Crippen LogP) is 5.89. The van der Waals surface area contributed by atoms with Crippen molar-refractivity contribution >= 4 is 28.3 Å². The van der Waals surface area contributed by atoms with Gasteiger partial charge in [0.25, 0.3) is 5.91 Å². The Morgan fingerprint density at radius 1 is 1.10 bits per heavy atom. The summed E-state index contributed by atoms with van der Waals surface area (Å²) in [5.41, 5.74) is 3.50. The van der Waals surface area contributed by atoms with Crippen molar-refractivity contribution in [1.82, 2.24) is 15.3 Å². The SMILES string of the molecule is CC/C=C(/C=C\C(C)=NC)CNc1ncnc2c(OCC(=O)NCC(F)(F)F)cc(-c3ccc(F)cc3)cc12. The number of carbonyl (C=O) groups excluding carboxylic acids is 1. The minimum Gasteiger partial charge on any atom is -0.481 e.